The molecule has 0 aliphatic rings. The van der Waals surface area contributed by atoms with Gasteiger partial charge in [-0.1, -0.05) is 42.5 Å². The van der Waals surface area contributed by atoms with Gasteiger partial charge in [0.2, 0.25) is 0 Å². The van der Waals surface area contributed by atoms with Crippen molar-refractivity contribution < 1.29 is 51.0 Å². The van der Waals surface area contributed by atoms with E-state index in [0.29, 0.717) is 0 Å². The topological polar surface area (TPSA) is 0 Å². The fourth-order valence-electron chi connectivity index (χ4n) is 2.52. The molecule has 0 spiro atoms. The molecule has 4 aromatic rings. The van der Waals surface area contributed by atoms with Crippen LogP contribution < -0.4 is 24.8 Å². The Morgan fingerprint density at radius 2 is 1.50 bits per heavy atom. The van der Waals surface area contributed by atoms with Gasteiger partial charge in [-0.2, -0.15) is 41.3 Å². The molecule has 0 saturated carbocycles. The largest absolute Gasteiger partial charge is 4.00 e. The van der Waals surface area contributed by atoms with Crippen LogP contribution in [0.5, 0.6) is 0 Å². The maximum absolute atomic E-state index is 2.20. The van der Waals surface area contributed by atoms with Crippen LogP contribution >= 0.6 is 0 Å². The molecule has 0 heterocycles. The average molecular weight is 459 g/mol. The molecule has 0 nitrogen and oxygen atoms in total. The van der Waals surface area contributed by atoms with E-state index in [-0.39, 0.29) is 51.0 Å². The molecule has 26 heavy (non-hydrogen) atoms. The first-order valence-electron chi connectivity index (χ1n) is 7.94. The average Bonchev–Trinajstić information content (AvgIpc) is 3.28. The molecule has 0 aliphatic heterocycles. The molecule has 0 saturated heterocycles. The van der Waals surface area contributed by atoms with Crippen molar-refractivity contribution in [1.82, 2.24) is 0 Å². The van der Waals surface area contributed by atoms with E-state index in [2.05, 4.69) is 103 Å². The Labute approximate surface area is 187 Å². The van der Waals surface area contributed by atoms with Crippen molar-refractivity contribution in [2.24, 2.45) is 0 Å². The van der Waals surface area contributed by atoms with Gasteiger partial charge in [-0.15, -0.1) is 35.7 Å². The van der Waals surface area contributed by atoms with Crippen LogP contribution in [0.25, 0.3) is 16.8 Å². The van der Waals surface area contributed by atoms with E-state index in [1.807, 2.05) is 6.07 Å². The van der Waals surface area contributed by atoms with Gasteiger partial charge < -0.3 is 24.8 Å². The summed E-state index contributed by atoms with van der Waals surface area (Å²) < 4.78 is 0. The molecule has 0 N–H and O–H groups in total. The van der Waals surface area contributed by atoms with Gasteiger partial charge in [-0.05, 0) is 12.0 Å². The molecule has 0 unspecified atom stereocenters. The van der Waals surface area contributed by atoms with Crippen LogP contribution in [0.4, 0.5) is 0 Å². The molecule has 3 heteroatoms. The third-order valence-corrected chi connectivity index (χ3v) is 3.74. The van der Waals surface area contributed by atoms with Gasteiger partial charge in [-0.25, -0.2) is 6.07 Å². The summed E-state index contributed by atoms with van der Waals surface area (Å²) in [6, 6.07) is 33.5. The van der Waals surface area contributed by atoms with Crippen LogP contribution in [0.15, 0.2) is 103 Å². The Kier molecular flexibility index (Phi) is 13.0. The number of hydrogen-bond acceptors (Lipinski definition) is 0. The van der Waals surface area contributed by atoms with Crippen molar-refractivity contribution in [1.29, 1.82) is 0 Å². The monoisotopic (exact) mass is 456 g/mol. The molecule has 4 aromatic carbocycles. The van der Waals surface area contributed by atoms with E-state index in [1.165, 1.54) is 21.9 Å². The predicted molar refractivity (Wildman–Crippen MR) is 101 cm³/mol. The minimum Gasteiger partial charge on any atom is -1.00 e. The summed E-state index contributed by atoms with van der Waals surface area (Å²) >= 11 is 0. The van der Waals surface area contributed by atoms with Gasteiger partial charge in [0.05, 0.1) is 0 Å². The minimum atomic E-state index is 0. The first-order valence-corrected chi connectivity index (χ1v) is 7.94. The quantitative estimate of drug-likeness (QED) is 0.386. The summed E-state index contributed by atoms with van der Waals surface area (Å²) in [5.41, 5.74) is 2.64. The van der Waals surface area contributed by atoms with Gasteiger partial charge in [0.1, 0.15) is 0 Å². The number of hydrogen-bond donors (Lipinski definition) is 0. The van der Waals surface area contributed by atoms with Crippen LogP contribution in [-0.2, 0) is 32.6 Å². The number of rotatable bonds is 3. The molecule has 0 atom stereocenters. The van der Waals surface area contributed by atoms with Crippen molar-refractivity contribution in [3.63, 3.8) is 0 Å². The zero-order valence-corrected chi connectivity index (χ0v) is 18.3. The number of benzene rings is 2. The van der Waals surface area contributed by atoms with Gasteiger partial charge in [-0.3, -0.25) is 0 Å². The van der Waals surface area contributed by atoms with Gasteiger partial charge in [0.15, 0.2) is 0 Å². The van der Waals surface area contributed by atoms with Crippen molar-refractivity contribution >= 4 is 16.8 Å². The standard InChI is InChI=1S/C14H13.C9H7.2ClH.Zr/c1-2-7-13(8-3-1)11-6-12-14-9-4-5-10-14;1-2-5-9-7-3-6-8(9)4-1;;;/h1-10,12H,11H2;1-7H;2*1H;/q2*-1;;;+4/p-2. The molecule has 130 valence electrons. The normalized spacial score (nSPS) is 9.38. The number of fused-ring (bicyclic) bond motifs is 1. The van der Waals surface area contributed by atoms with E-state index in [0.717, 1.165) is 6.42 Å². The Morgan fingerprint density at radius 1 is 0.769 bits per heavy atom. The van der Waals surface area contributed by atoms with E-state index in [1.54, 1.807) is 0 Å². The van der Waals surface area contributed by atoms with Crippen LogP contribution in [0, 0.1) is 0 Å². The van der Waals surface area contributed by atoms with Crippen LogP contribution in [0.3, 0.4) is 0 Å². The van der Waals surface area contributed by atoms with Gasteiger partial charge in [0, 0.05) is 0 Å². The van der Waals surface area contributed by atoms with Gasteiger partial charge >= 0.3 is 26.2 Å². The third-order valence-electron chi connectivity index (χ3n) is 3.74. The number of halogens is 2. The summed E-state index contributed by atoms with van der Waals surface area (Å²) in [4.78, 5) is 0. The van der Waals surface area contributed by atoms with Crippen molar-refractivity contribution in [2.45, 2.75) is 6.42 Å². The van der Waals surface area contributed by atoms with E-state index >= 15 is 0 Å². The molecule has 0 aliphatic carbocycles. The zero-order valence-electron chi connectivity index (χ0n) is 14.4. The second-order valence-electron chi connectivity index (χ2n) is 5.47. The SMILES string of the molecule is C(=Cc1cc[cH-]c1)Cc1ccccc1.[Cl-].[Cl-].[Zr+4].c1ccc2[cH-]ccc2c1. The van der Waals surface area contributed by atoms with Crippen molar-refractivity contribution in [2.75, 3.05) is 0 Å². The fourth-order valence-corrected chi connectivity index (χ4v) is 2.52. The maximum Gasteiger partial charge on any atom is 4.00 e. The first-order chi connectivity index (χ1) is 11.4. The second-order valence-corrected chi connectivity index (χ2v) is 5.47. The zero-order chi connectivity index (χ0) is 15.7. The third kappa shape index (κ3) is 7.87. The minimum absolute atomic E-state index is 0. The number of allylic oxidation sites excluding steroid dienone is 1. The summed E-state index contributed by atoms with van der Waals surface area (Å²) in [7, 11) is 0. The molecule has 0 aromatic heterocycles. The van der Waals surface area contributed by atoms with E-state index in [9.17, 15) is 0 Å². The first kappa shape index (κ1) is 24.6. The Hall–Kier alpha value is -1.40. The van der Waals surface area contributed by atoms with Crippen LogP contribution in [-0.4, -0.2) is 0 Å². The van der Waals surface area contributed by atoms with E-state index < -0.39 is 0 Å². The van der Waals surface area contributed by atoms with Crippen LogP contribution in [0.1, 0.15) is 11.1 Å². The second kappa shape index (κ2) is 13.8. The maximum atomic E-state index is 2.20. The van der Waals surface area contributed by atoms with Gasteiger partial charge in [0.25, 0.3) is 0 Å². The Balaban J connectivity index is 0.000000460. The van der Waals surface area contributed by atoms with Crippen molar-refractivity contribution in [3.05, 3.63) is 114 Å². The molecule has 0 fully saturated rings. The molecule has 4 rings (SSSR count). The predicted octanol–water partition coefficient (Wildman–Crippen LogP) is 0.226. The van der Waals surface area contributed by atoms with Crippen LogP contribution in [0.2, 0.25) is 0 Å². The smallest absolute Gasteiger partial charge is 1.00 e. The molecular formula is C23H20Cl2Zr. The molecular weight excluding hydrogens is 438 g/mol. The summed E-state index contributed by atoms with van der Waals surface area (Å²) in [6.07, 6.45) is 5.36. The summed E-state index contributed by atoms with van der Waals surface area (Å²) in [5, 5.41) is 2.66. The van der Waals surface area contributed by atoms with Crippen molar-refractivity contribution in [3.8, 4) is 0 Å². The molecule has 0 bridgehead atoms. The Bertz CT molecular complexity index is 816. The van der Waals surface area contributed by atoms with E-state index in [4.69, 9.17) is 0 Å². The molecule has 0 radical (unpaired) electrons. The fraction of sp³-hybridized carbons (Fsp3) is 0.0435. The Morgan fingerprint density at radius 3 is 2.19 bits per heavy atom. The summed E-state index contributed by atoms with van der Waals surface area (Å²) in [6.45, 7) is 0. The summed E-state index contributed by atoms with van der Waals surface area (Å²) in [5.74, 6) is 0. The molecule has 0 amide bonds.